The van der Waals surface area contributed by atoms with Crippen molar-refractivity contribution in [3.8, 4) is 5.75 Å². The van der Waals surface area contributed by atoms with Gasteiger partial charge in [-0.1, -0.05) is 42.5 Å². The minimum Gasteiger partial charge on any atom is -0.485 e. The third kappa shape index (κ3) is 7.09. The summed E-state index contributed by atoms with van der Waals surface area (Å²) in [6, 6.07) is 16.7. The van der Waals surface area contributed by atoms with Crippen molar-refractivity contribution < 1.29 is 9.66 Å². The first-order valence-corrected chi connectivity index (χ1v) is 8.03. The number of benzene rings is 2. The maximum Gasteiger partial charge on any atom is 0.310 e. The summed E-state index contributed by atoms with van der Waals surface area (Å²) in [5, 5.41) is 11.0. The molecule has 0 aromatic heterocycles. The minimum atomic E-state index is -0.428. The second-order valence-electron chi connectivity index (χ2n) is 5.44. The van der Waals surface area contributed by atoms with Gasteiger partial charge in [-0.25, -0.2) is 0 Å². The lowest BCUT2D eigenvalue weighted by Gasteiger charge is -2.21. The summed E-state index contributed by atoms with van der Waals surface area (Å²) in [7, 11) is 0. The van der Waals surface area contributed by atoms with Gasteiger partial charge in [-0.15, -0.1) is 12.4 Å². The smallest absolute Gasteiger partial charge is 0.310 e. The highest BCUT2D eigenvalue weighted by molar-refractivity contribution is 5.85. The number of para-hydroxylation sites is 2. The number of halogens is 1. The van der Waals surface area contributed by atoms with Crippen LogP contribution in [-0.2, 0) is 6.42 Å². The maximum atomic E-state index is 11.0. The molecule has 2 N–H and O–H groups in total. The highest BCUT2D eigenvalue weighted by Gasteiger charge is 2.14. The van der Waals surface area contributed by atoms with E-state index >= 15 is 0 Å². The average molecular weight is 366 g/mol. The number of nitro groups is 1. The molecule has 0 heterocycles. The van der Waals surface area contributed by atoms with Gasteiger partial charge in [0.25, 0.3) is 0 Å². The van der Waals surface area contributed by atoms with Crippen molar-refractivity contribution in [2.75, 3.05) is 32.8 Å². The lowest BCUT2D eigenvalue weighted by molar-refractivity contribution is -0.385. The molecule has 136 valence electrons. The van der Waals surface area contributed by atoms with Crippen molar-refractivity contribution in [3.05, 3.63) is 70.3 Å². The van der Waals surface area contributed by atoms with Gasteiger partial charge in [-0.2, -0.15) is 0 Å². The van der Waals surface area contributed by atoms with Gasteiger partial charge in [0.1, 0.15) is 6.61 Å². The van der Waals surface area contributed by atoms with E-state index in [1.54, 1.807) is 18.2 Å². The molecule has 2 rings (SSSR count). The van der Waals surface area contributed by atoms with E-state index in [2.05, 4.69) is 17.0 Å². The van der Waals surface area contributed by atoms with Crippen molar-refractivity contribution in [3.63, 3.8) is 0 Å². The van der Waals surface area contributed by atoms with E-state index in [0.717, 1.165) is 19.5 Å². The first-order chi connectivity index (χ1) is 11.7. The Bertz CT molecular complexity index is 640. The first kappa shape index (κ1) is 20.9. The maximum absolute atomic E-state index is 11.0. The summed E-state index contributed by atoms with van der Waals surface area (Å²) in [5.41, 5.74) is 6.94. The van der Waals surface area contributed by atoms with Crippen LogP contribution in [0.1, 0.15) is 5.56 Å². The Labute approximate surface area is 154 Å². The van der Waals surface area contributed by atoms with Crippen LogP contribution in [-0.4, -0.2) is 42.6 Å². The summed E-state index contributed by atoms with van der Waals surface area (Å²) in [6.45, 7) is 3.28. The largest absolute Gasteiger partial charge is 0.485 e. The quantitative estimate of drug-likeness (QED) is 0.517. The Morgan fingerprint density at radius 1 is 1.00 bits per heavy atom. The van der Waals surface area contributed by atoms with Crippen LogP contribution in [0.2, 0.25) is 0 Å². The molecule has 0 radical (unpaired) electrons. The third-order valence-corrected chi connectivity index (χ3v) is 3.73. The van der Waals surface area contributed by atoms with Crippen LogP contribution in [0.5, 0.6) is 5.75 Å². The number of ether oxygens (including phenoxy) is 1. The van der Waals surface area contributed by atoms with E-state index in [9.17, 15) is 10.1 Å². The molecule has 0 aliphatic carbocycles. The number of nitrogens with two attached hydrogens (primary N) is 1. The normalized spacial score (nSPS) is 10.3. The summed E-state index contributed by atoms with van der Waals surface area (Å²) >= 11 is 0. The van der Waals surface area contributed by atoms with Crippen LogP contribution in [0.25, 0.3) is 0 Å². The fraction of sp³-hybridized carbons (Fsp3) is 0.333. The van der Waals surface area contributed by atoms with Gasteiger partial charge in [-0.3, -0.25) is 15.0 Å². The van der Waals surface area contributed by atoms with Crippen LogP contribution in [0, 0.1) is 10.1 Å². The van der Waals surface area contributed by atoms with Gasteiger partial charge in [0.2, 0.25) is 0 Å². The molecule has 6 nitrogen and oxygen atoms in total. The van der Waals surface area contributed by atoms with Crippen molar-refractivity contribution >= 4 is 18.1 Å². The topological polar surface area (TPSA) is 81.6 Å². The second-order valence-corrected chi connectivity index (χ2v) is 5.44. The molecule has 0 bridgehead atoms. The van der Waals surface area contributed by atoms with Crippen molar-refractivity contribution in [1.82, 2.24) is 4.90 Å². The Kier molecular flexibility index (Phi) is 9.54. The van der Waals surface area contributed by atoms with Crippen LogP contribution in [0.15, 0.2) is 54.6 Å². The highest BCUT2D eigenvalue weighted by Crippen LogP contribution is 2.25. The van der Waals surface area contributed by atoms with Crippen molar-refractivity contribution in [2.24, 2.45) is 5.73 Å². The number of nitro benzene ring substituents is 1. The molecule has 2 aromatic carbocycles. The van der Waals surface area contributed by atoms with Gasteiger partial charge in [0.05, 0.1) is 4.92 Å². The molecule has 0 spiro atoms. The zero-order valence-electron chi connectivity index (χ0n) is 14.0. The van der Waals surface area contributed by atoms with Crippen LogP contribution < -0.4 is 10.5 Å². The highest BCUT2D eigenvalue weighted by atomic mass is 35.5. The lowest BCUT2D eigenvalue weighted by atomic mass is 10.1. The Morgan fingerprint density at radius 3 is 2.36 bits per heavy atom. The van der Waals surface area contributed by atoms with Gasteiger partial charge < -0.3 is 10.5 Å². The number of rotatable bonds is 10. The summed E-state index contributed by atoms with van der Waals surface area (Å²) in [6.07, 6.45) is 0.937. The molecule has 0 saturated heterocycles. The molecule has 0 saturated carbocycles. The zero-order valence-corrected chi connectivity index (χ0v) is 14.9. The van der Waals surface area contributed by atoms with E-state index in [-0.39, 0.29) is 18.1 Å². The fourth-order valence-electron chi connectivity index (χ4n) is 2.46. The Balaban J connectivity index is 0.00000312. The van der Waals surface area contributed by atoms with Gasteiger partial charge in [-0.05, 0) is 18.1 Å². The molecular weight excluding hydrogens is 342 g/mol. The molecule has 0 aliphatic rings. The molecule has 0 atom stereocenters. The van der Waals surface area contributed by atoms with Gasteiger partial charge >= 0.3 is 5.69 Å². The summed E-state index contributed by atoms with van der Waals surface area (Å²) in [4.78, 5) is 12.8. The predicted molar refractivity (Wildman–Crippen MR) is 101 cm³/mol. The predicted octanol–water partition coefficient (Wildman–Crippen LogP) is 2.90. The Morgan fingerprint density at radius 2 is 1.68 bits per heavy atom. The standard InChI is InChI=1S/C18H23N3O3.ClH/c19-11-13-20(12-10-16-6-2-1-3-7-16)14-15-24-18-9-5-4-8-17(18)21(22)23;/h1-9H,10-15,19H2;1H. The van der Waals surface area contributed by atoms with E-state index in [1.807, 2.05) is 18.2 Å². The molecule has 7 heteroatoms. The fourth-order valence-corrected chi connectivity index (χ4v) is 2.46. The first-order valence-electron chi connectivity index (χ1n) is 8.03. The molecule has 0 fully saturated rings. The van der Waals surface area contributed by atoms with Crippen molar-refractivity contribution in [2.45, 2.75) is 6.42 Å². The molecule has 2 aromatic rings. The SMILES string of the molecule is Cl.NCCN(CCOc1ccccc1[N+](=O)[O-])CCc1ccccc1. The van der Waals surface area contributed by atoms with Crippen molar-refractivity contribution in [1.29, 1.82) is 0 Å². The summed E-state index contributed by atoms with van der Waals surface area (Å²) < 4.78 is 5.60. The second kappa shape index (κ2) is 11.4. The zero-order chi connectivity index (χ0) is 17.2. The third-order valence-electron chi connectivity index (χ3n) is 3.73. The van der Waals surface area contributed by atoms with E-state index in [1.165, 1.54) is 11.6 Å². The van der Waals surface area contributed by atoms with E-state index < -0.39 is 4.92 Å². The molecule has 0 unspecified atom stereocenters. The monoisotopic (exact) mass is 365 g/mol. The van der Waals surface area contributed by atoms with Crippen LogP contribution >= 0.6 is 12.4 Å². The summed E-state index contributed by atoms with van der Waals surface area (Å²) in [5.74, 6) is 0.304. The lowest BCUT2D eigenvalue weighted by Crippen LogP contribution is -2.34. The number of hydrogen-bond donors (Lipinski definition) is 1. The molecule has 0 aliphatic heterocycles. The van der Waals surface area contributed by atoms with E-state index in [0.29, 0.717) is 25.4 Å². The van der Waals surface area contributed by atoms with Crippen LogP contribution in [0.4, 0.5) is 5.69 Å². The molecule has 25 heavy (non-hydrogen) atoms. The molecule has 0 amide bonds. The van der Waals surface area contributed by atoms with E-state index in [4.69, 9.17) is 10.5 Å². The Hall–Kier alpha value is -2.15. The van der Waals surface area contributed by atoms with Gasteiger partial charge in [0, 0.05) is 32.2 Å². The van der Waals surface area contributed by atoms with Gasteiger partial charge in [0.15, 0.2) is 5.75 Å². The molecular formula is C18H24ClN3O3. The average Bonchev–Trinajstić information content (AvgIpc) is 2.61. The number of hydrogen-bond acceptors (Lipinski definition) is 5. The van der Waals surface area contributed by atoms with Crippen LogP contribution in [0.3, 0.4) is 0 Å². The number of nitrogens with zero attached hydrogens (tertiary/aromatic N) is 2. The minimum absolute atomic E-state index is 0.